The molecule has 1 rings (SSSR count). The minimum atomic E-state index is -0.155. The van der Waals surface area contributed by atoms with Gasteiger partial charge in [0.15, 0.2) is 0 Å². The Labute approximate surface area is 98.6 Å². The van der Waals surface area contributed by atoms with Crippen LogP contribution in [-0.4, -0.2) is 12.5 Å². The number of carbonyl (C=O) groups excluding carboxylic acids is 1. The SMILES string of the molecule is C#CCNC(=O)Cc1ccc(Cl)cc1Cl. The molecule has 0 radical (unpaired) electrons. The summed E-state index contributed by atoms with van der Waals surface area (Å²) in [4.78, 5) is 11.3. The van der Waals surface area contributed by atoms with Gasteiger partial charge in [-0.25, -0.2) is 0 Å². The molecule has 1 aromatic carbocycles. The van der Waals surface area contributed by atoms with Crippen LogP contribution in [0.4, 0.5) is 0 Å². The quantitative estimate of drug-likeness (QED) is 0.809. The molecule has 0 fully saturated rings. The van der Waals surface area contributed by atoms with Crippen LogP contribution in [-0.2, 0) is 11.2 Å². The van der Waals surface area contributed by atoms with Crippen LogP contribution in [0.15, 0.2) is 18.2 Å². The van der Waals surface area contributed by atoms with Gasteiger partial charge in [0.05, 0.1) is 13.0 Å². The summed E-state index contributed by atoms with van der Waals surface area (Å²) in [7, 11) is 0. The average molecular weight is 242 g/mol. The van der Waals surface area contributed by atoms with Crippen LogP contribution in [0.2, 0.25) is 10.0 Å². The molecule has 4 heteroatoms. The van der Waals surface area contributed by atoms with E-state index in [1.54, 1.807) is 18.2 Å². The van der Waals surface area contributed by atoms with Crippen molar-refractivity contribution in [2.45, 2.75) is 6.42 Å². The number of rotatable bonds is 3. The Balaban J connectivity index is 2.65. The molecule has 0 saturated heterocycles. The second kappa shape index (κ2) is 5.65. The zero-order valence-electron chi connectivity index (χ0n) is 7.89. The molecule has 0 unspecified atom stereocenters. The van der Waals surface area contributed by atoms with Crippen molar-refractivity contribution in [1.82, 2.24) is 5.32 Å². The average Bonchev–Trinajstić information content (AvgIpc) is 2.19. The van der Waals surface area contributed by atoms with Crippen molar-refractivity contribution in [3.63, 3.8) is 0 Å². The number of carbonyl (C=O) groups is 1. The first-order chi connectivity index (χ1) is 7.13. The van der Waals surface area contributed by atoms with E-state index in [0.717, 1.165) is 5.56 Å². The van der Waals surface area contributed by atoms with Crippen molar-refractivity contribution in [3.05, 3.63) is 33.8 Å². The van der Waals surface area contributed by atoms with Gasteiger partial charge in [-0.1, -0.05) is 35.2 Å². The number of amides is 1. The lowest BCUT2D eigenvalue weighted by Crippen LogP contribution is -2.25. The summed E-state index contributed by atoms with van der Waals surface area (Å²) in [6, 6.07) is 5.02. The summed E-state index contributed by atoms with van der Waals surface area (Å²) in [5, 5.41) is 3.59. The van der Waals surface area contributed by atoms with Crippen LogP contribution < -0.4 is 5.32 Å². The smallest absolute Gasteiger partial charge is 0.225 e. The maximum atomic E-state index is 11.3. The molecule has 15 heavy (non-hydrogen) atoms. The summed E-state index contributed by atoms with van der Waals surface area (Å²) < 4.78 is 0. The number of hydrogen-bond acceptors (Lipinski definition) is 1. The largest absolute Gasteiger partial charge is 0.345 e. The fraction of sp³-hybridized carbons (Fsp3) is 0.182. The number of nitrogens with one attached hydrogen (secondary N) is 1. The van der Waals surface area contributed by atoms with Gasteiger partial charge in [0, 0.05) is 10.0 Å². The van der Waals surface area contributed by atoms with Crippen LogP contribution >= 0.6 is 23.2 Å². The van der Waals surface area contributed by atoms with Crippen molar-refractivity contribution in [2.75, 3.05) is 6.54 Å². The highest BCUT2D eigenvalue weighted by molar-refractivity contribution is 6.35. The van der Waals surface area contributed by atoms with Crippen LogP contribution in [0, 0.1) is 12.3 Å². The van der Waals surface area contributed by atoms with Crippen molar-refractivity contribution in [2.24, 2.45) is 0 Å². The summed E-state index contributed by atoms with van der Waals surface area (Å²) in [6.45, 7) is 0.226. The third-order valence-corrected chi connectivity index (χ3v) is 2.34. The fourth-order valence-electron chi connectivity index (χ4n) is 1.05. The van der Waals surface area contributed by atoms with Gasteiger partial charge in [0.25, 0.3) is 0 Å². The highest BCUT2D eigenvalue weighted by Gasteiger charge is 2.06. The number of halogens is 2. The van der Waals surface area contributed by atoms with Crippen molar-refractivity contribution >= 4 is 29.1 Å². The number of benzene rings is 1. The first-order valence-electron chi connectivity index (χ1n) is 4.27. The first-order valence-corrected chi connectivity index (χ1v) is 5.03. The molecule has 1 amide bonds. The van der Waals surface area contributed by atoms with Gasteiger partial charge in [-0.3, -0.25) is 4.79 Å². The van der Waals surface area contributed by atoms with Crippen molar-refractivity contribution in [3.8, 4) is 12.3 Å². The summed E-state index contributed by atoms with van der Waals surface area (Å²) >= 11 is 11.6. The Morgan fingerprint density at radius 3 is 2.80 bits per heavy atom. The molecule has 0 heterocycles. The number of terminal acetylenes is 1. The summed E-state index contributed by atoms with van der Waals surface area (Å²) in [6.07, 6.45) is 5.22. The third-order valence-electron chi connectivity index (χ3n) is 1.75. The van der Waals surface area contributed by atoms with Gasteiger partial charge < -0.3 is 5.32 Å². The van der Waals surface area contributed by atoms with E-state index in [1.165, 1.54) is 0 Å². The lowest BCUT2D eigenvalue weighted by molar-refractivity contribution is -0.120. The van der Waals surface area contributed by atoms with Crippen LogP contribution in [0.5, 0.6) is 0 Å². The Bertz CT molecular complexity index is 410. The molecule has 1 aromatic rings. The lowest BCUT2D eigenvalue weighted by atomic mass is 10.1. The molecular formula is C11H9Cl2NO. The van der Waals surface area contributed by atoms with E-state index in [1.807, 2.05) is 0 Å². The minimum Gasteiger partial charge on any atom is -0.345 e. The highest BCUT2D eigenvalue weighted by Crippen LogP contribution is 2.21. The molecule has 0 spiro atoms. The maximum Gasteiger partial charge on any atom is 0.225 e. The van der Waals surface area contributed by atoms with Crippen LogP contribution in [0.3, 0.4) is 0 Å². The number of hydrogen-bond donors (Lipinski definition) is 1. The predicted octanol–water partition coefficient (Wildman–Crippen LogP) is 2.29. The van der Waals surface area contributed by atoms with Gasteiger partial charge in [0.2, 0.25) is 5.91 Å². The van der Waals surface area contributed by atoms with Gasteiger partial charge in [-0.15, -0.1) is 6.42 Å². The van der Waals surface area contributed by atoms with Crippen molar-refractivity contribution in [1.29, 1.82) is 0 Å². The van der Waals surface area contributed by atoms with Gasteiger partial charge in [0.1, 0.15) is 0 Å². The summed E-state index contributed by atoms with van der Waals surface area (Å²) in [5.41, 5.74) is 0.732. The Morgan fingerprint density at radius 2 is 2.20 bits per heavy atom. The van der Waals surface area contributed by atoms with E-state index in [2.05, 4.69) is 11.2 Å². The lowest BCUT2D eigenvalue weighted by Gasteiger charge is -2.04. The van der Waals surface area contributed by atoms with E-state index in [4.69, 9.17) is 29.6 Å². The molecule has 0 aromatic heterocycles. The monoisotopic (exact) mass is 241 g/mol. The van der Waals surface area contributed by atoms with Crippen LogP contribution in [0.25, 0.3) is 0 Å². The first kappa shape index (κ1) is 11.9. The van der Waals surface area contributed by atoms with Crippen LogP contribution in [0.1, 0.15) is 5.56 Å². The molecule has 0 aliphatic heterocycles. The molecule has 0 atom stereocenters. The minimum absolute atomic E-state index is 0.155. The molecule has 78 valence electrons. The molecule has 2 nitrogen and oxygen atoms in total. The van der Waals surface area contributed by atoms with E-state index < -0.39 is 0 Å². The second-order valence-corrected chi connectivity index (χ2v) is 3.74. The third kappa shape index (κ3) is 3.83. The summed E-state index contributed by atoms with van der Waals surface area (Å²) in [5.74, 6) is 2.17. The Hall–Kier alpha value is -1.17. The standard InChI is InChI=1S/C11H9Cl2NO/c1-2-5-14-11(15)6-8-3-4-9(12)7-10(8)13/h1,3-4,7H,5-6H2,(H,14,15). The molecule has 0 aliphatic rings. The Kier molecular flexibility index (Phi) is 4.48. The van der Waals surface area contributed by atoms with E-state index >= 15 is 0 Å². The molecule has 0 bridgehead atoms. The molecule has 1 N–H and O–H groups in total. The normalized spacial score (nSPS) is 9.40. The topological polar surface area (TPSA) is 29.1 Å². The highest BCUT2D eigenvalue weighted by atomic mass is 35.5. The Morgan fingerprint density at radius 1 is 1.47 bits per heavy atom. The maximum absolute atomic E-state index is 11.3. The van der Waals surface area contributed by atoms with Gasteiger partial charge in [-0.2, -0.15) is 0 Å². The molecular weight excluding hydrogens is 233 g/mol. The zero-order valence-corrected chi connectivity index (χ0v) is 9.40. The van der Waals surface area contributed by atoms with Gasteiger partial charge in [-0.05, 0) is 17.7 Å². The molecule has 0 saturated carbocycles. The van der Waals surface area contributed by atoms with E-state index in [0.29, 0.717) is 10.0 Å². The fourth-order valence-corrected chi connectivity index (χ4v) is 1.53. The zero-order chi connectivity index (χ0) is 11.3. The van der Waals surface area contributed by atoms with Crippen molar-refractivity contribution < 1.29 is 4.79 Å². The predicted molar refractivity (Wildman–Crippen MR) is 62.0 cm³/mol. The van der Waals surface area contributed by atoms with E-state index in [9.17, 15) is 4.79 Å². The molecule has 0 aliphatic carbocycles. The van der Waals surface area contributed by atoms with E-state index in [-0.39, 0.29) is 18.9 Å². The van der Waals surface area contributed by atoms with Gasteiger partial charge >= 0.3 is 0 Å². The second-order valence-electron chi connectivity index (χ2n) is 2.89.